The predicted molar refractivity (Wildman–Crippen MR) is 178 cm³/mol. The van der Waals surface area contributed by atoms with Crippen LogP contribution < -0.4 is 10.3 Å². The Morgan fingerprint density at radius 2 is 1.52 bits per heavy atom. The monoisotopic (exact) mass is 672 g/mol. The van der Waals surface area contributed by atoms with Crippen molar-refractivity contribution in [2.45, 2.75) is 79.1 Å². The van der Waals surface area contributed by atoms with Crippen LogP contribution in [-0.4, -0.2) is 57.4 Å². The molecule has 1 aromatic heterocycles. The van der Waals surface area contributed by atoms with E-state index in [2.05, 4.69) is 10.3 Å². The number of hydrazine groups is 1. The second kappa shape index (κ2) is 12.5. The van der Waals surface area contributed by atoms with Gasteiger partial charge in [0.2, 0.25) is 0 Å². The van der Waals surface area contributed by atoms with Crippen molar-refractivity contribution >= 4 is 75.6 Å². The molecule has 2 N–H and O–H groups in total. The van der Waals surface area contributed by atoms with Crippen molar-refractivity contribution in [3.05, 3.63) is 63.3 Å². The maximum absolute atomic E-state index is 14.1. The molecule has 0 aliphatic carbocycles. The highest BCUT2D eigenvalue weighted by Gasteiger charge is 2.41. The molecule has 46 heavy (non-hydrogen) atoms. The van der Waals surface area contributed by atoms with Gasteiger partial charge in [0.05, 0.1) is 17.3 Å². The number of carbonyl (C=O) groups excluding carboxylic acids is 4. The van der Waals surface area contributed by atoms with Gasteiger partial charge in [0.15, 0.2) is 0 Å². The number of amides is 3. The van der Waals surface area contributed by atoms with Crippen molar-refractivity contribution in [3.8, 4) is 0 Å². The number of H-pyrrole nitrogens is 1. The number of nitrogens with one attached hydrogen (secondary N) is 2. The highest BCUT2D eigenvalue weighted by molar-refractivity contribution is 6.39. The van der Waals surface area contributed by atoms with Crippen LogP contribution in [0.25, 0.3) is 17.0 Å². The van der Waals surface area contributed by atoms with E-state index in [-0.39, 0.29) is 28.5 Å². The van der Waals surface area contributed by atoms with E-state index in [4.69, 9.17) is 37.4 Å². The molecular formula is C33H38Cl2N4O7. The standard InChI is InChI=1S/C33H38Cl2N4O7/c1-31(2,3)44-28(41)26-22(25-23(35)14-19(34)15-24(25)37-26)13-18-17-38(30(43)46-33(7,8)9)39(27(18)40)21-12-10-11-20(16-21)36-29(42)45-32(4,5)6/h10-16,37H,17H2,1-9H3,(H,36,42). The van der Waals surface area contributed by atoms with Gasteiger partial charge < -0.3 is 19.2 Å². The summed E-state index contributed by atoms with van der Waals surface area (Å²) in [5, 5.41) is 5.97. The Morgan fingerprint density at radius 1 is 0.891 bits per heavy atom. The molecule has 1 saturated heterocycles. The number of aromatic amines is 1. The lowest BCUT2D eigenvalue weighted by atomic mass is 10.1. The Labute approximate surface area is 277 Å². The maximum Gasteiger partial charge on any atom is 0.430 e. The summed E-state index contributed by atoms with van der Waals surface area (Å²) in [5.41, 5.74) is -0.865. The summed E-state index contributed by atoms with van der Waals surface area (Å²) in [5.74, 6) is -1.25. The molecule has 0 saturated carbocycles. The van der Waals surface area contributed by atoms with Gasteiger partial charge in [0, 0.05) is 32.7 Å². The molecular weight excluding hydrogens is 635 g/mol. The van der Waals surface area contributed by atoms with E-state index in [1.807, 2.05) is 0 Å². The van der Waals surface area contributed by atoms with Gasteiger partial charge in [-0.2, -0.15) is 0 Å². The largest absolute Gasteiger partial charge is 0.455 e. The molecule has 4 rings (SSSR count). The highest BCUT2D eigenvalue weighted by atomic mass is 35.5. The van der Waals surface area contributed by atoms with Gasteiger partial charge in [-0.25, -0.2) is 24.4 Å². The fourth-order valence-corrected chi connectivity index (χ4v) is 5.18. The van der Waals surface area contributed by atoms with Crippen LogP contribution in [0.1, 0.15) is 78.4 Å². The summed E-state index contributed by atoms with van der Waals surface area (Å²) in [7, 11) is 0. The van der Waals surface area contributed by atoms with Gasteiger partial charge in [-0.15, -0.1) is 0 Å². The number of aromatic nitrogens is 1. The average Bonchev–Trinajstić information content (AvgIpc) is 3.39. The van der Waals surface area contributed by atoms with Crippen LogP contribution >= 0.6 is 23.2 Å². The van der Waals surface area contributed by atoms with Crippen molar-refractivity contribution in [2.75, 3.05) is 16.9 Å². The molecule has 1 fully saturated rings. The van der Waals surface area contributed by atoms with Gasteiger partial charge in [0.1, 0.15) is 22.5 Å². The summed E-state index contributed by atoms with van der Waals surface area (Å²) < 4.78 is 16.6. The van der Waals surface area contributed by atoms with E-state index in [1.54, 1.807) is 86.6 Å². The molecule has 2 heterocycles. The van der Waals surface area contributed by atoms with Crippen molar-refractivity contribution in [3.63, 3.8) is 0 Å². The van der Waals surface area contributed by atoms with Gasteiger partial charge >= 0.3 is 18.2 Å². The number of hydrogen-bond donors (Lipinski definition) is 2. The zero-order valence-electron chi connectivity index (χ0n) is 27.3. The third-order valence-corrected chi connectivity index (χ3v) is 6.66. The molecule has 0 bridgehead atoms. The smallest absolute Gasteiger partial charge is 0.430 e. The average molecular weight is 674 g/mol. The minimum Gasteiger partial charge on any atom is -0.455 e. The number of halogens is 2. The van der Waals surface area contributed by atoms with Gasteiger partial charge in [-0.05, 0) is 98.7 Å². The molecule has 3 aromatic rings. The molecule has 3 amide bonds. The van der Waals surface area contributed by atoms with E-state index < -0.39 is 40.9 Å². The topological polar surface area (TPSA) is 130 Å². The number of benzene rings is 2. The van der Waals surface area contributed by atoms with Crippen LogP contribution in [0, 0.1) is 0 Å². The first kappa shape index (κ1) is 34.6. The number of nitrogens with zero attached hydrogens (tertiary/aromatic N) is 2. The number of ether oxygens (including phenoxy) is 3. The normalized spacial score (nSPS) is 15.0. The SMILES string of the molecule is CC(C)(C)OC(=O)Nc1cccc(N2C(=O)C(=Cc3c(C(=O)OC(C)(C)C)[nH]c4cc(Cl)cc(Cl)c34)CN2C(=O)OC(C)(C)C)c1. The summed E-state index contributed by atoms with van der Waals surface area (Å²) in [4.78, 5) is 56.4. The van der Waals surface area contributed by atoms with Gasteiger partial charge in [-0.3, -0.25) is 10.1 Å². The number of hydrogen-bond acceptors (Lipinski definition) is 7. The van der Waals surface area contributed by atoms with Crippen LogP contribution in [0.4, 0.5) is 21.0 Å². The molecule has 13 heteroatoms. The Bertz CT molecular complexity index is 1740. The van der Waals surface area contributed by atoms with Crippen molar-refractivity contribution in [2.24, 2.45) is 0 Å². The maximum atomic E-state index is 14.1. The highest BCUT2D eigenvalue weighted by Crippen LogP contribution is 2.37. The quantitative estimate of drug-likeness (QED) is 0.162. The molecule has 0 atom stereocenters. The van der Waals surface area contributed by atoms with E-state index in [0.29, 0.717) is 27.2 Å². The number of rotatable bonds is 4. The minimum absolute atomic E-state index is 0.0558. The number of fused-ring (bicyclic) bond motifs is 1. The Kier molecular flexibility index (Phi) is 9.43. The molecule has 11 nitrogen and oxygen atoms in total. The van der Waals surface area contributed by atoms with Crippen molar-refractivity contribution < 1.29 is 33.4 Å². The summed E-state index contributed by atoms with van der Waals surface area (Å²) in [6, 6.07) is 9.51. The Hall–Kier alpha value is -4.22. The number of carbonyl (C=O) groups is 4. The van der Waals surface area contributed by atoms with Crippen molar-refractivity contribution in [1.29, 1.82) is 0 Å². The van der Waals surface area contributed by atoms with E-state index in [9.17, 15) is 19.2 Å². The van der Waals surface area contributed by atoms with Gasteiger partial charge in [0.25, 0.3) is 5.91 Å². The second-order valence-corrected chi connectivity index (χ2v) is 14.6. The first-order valence-electron chi connectivity index (χ1n) is 14.5. The Morgan fingerprint density at radius 3 is 2.13 bits per heavy atom. The molecule has 246 valence electrons. The molecule has 1 aliphatic rings. The molecule has 1 aliphatic heterocycles. The molecule has 2 aromatic carbocycles. The van der Waals surface area contributed by atoms with Crippen molar-refractivity contribution in [1.82, 2.24) is 9.99 Å². The van der Waals surface area contributed by atoms with Crippen LogP contribution in [0.2, 0.25) is 10.0 Å². The number of anilines is 2. The second-order valence-electron chi connectivity index (χ2n) is 13.7. The minimum atomic E-state index is -0.869. The van der Waals surface area contributed by atoms with Crippen LogP contribution in [0.3, 0.4) is 0 Å². The first-order valence-corrected chi connectivity index (χ1v) is 15.3. The Balaban J connectivity index is 1.83. The lowest BCUT2D eigenvalue weighted by molar-refractivity contribution is -0.115. The summed E-state index contributed by atoms with van der Waals surface area (Å²) in [6.45, 7) is 15.3. The third-order valence-electron chi connectivity index (χ3n) is 6.14. The summed E-state index contributed by atoms with van der Waals surface area (Å²) in [6.07, 6.45) is 0.0271. The summed E-state index contributed by atoms with van der Waals surface area (Å²) >= 11 is 12.9. The van der Waals surface area contributed by atoms with Gasteiger partial charge in [-0.1, -0.05) is 29.3 Å². The van der Waals surface area contributed by atoms with Crippen LogP contribution in [0.15, 0.2) is 42.0 Å². The fourth-order valence-electron chi connectivity index (χ4n) is 4.59. The van der Waals surface area contributed by atoms with E-state index in [0.717, 1.165) is 10.0 Å². The molecule has 0 radical (unpaired) electrons. The predicted octanol–water partition coefficient (Wildman–Crippen LogP) is 8.36. The molecule has 0 unspecified atom stereocenters. The van der Waals surface area contributed by atoms with Crippen LogP contribution in [0.5, 0.6) is 0 Å². The van der Waals surface area contributed by atoms with E-state index in [1.165, 1.54) is 18.2 Å². The van der Waals surface area contributed by atoms with Crippen LogP contribution in [-0.2, 0) is 19.0 Å². The zero-order valence-corrected chi connectivity index (χ0v) is 28.8. The lowest BCUT2D eigenvalue weighted by Crippen LogP contribution is -2.45. The lowest BCUT2D eigenvalue weighted by Gasteiger charge is -2.30. The first-order chi connectivity index (χ1) is 21.1. The zero-order chi connectivity index (χ0) is 34.4. The fraction of sp³-hybridized carbons (Fsp3) is 0.394. The third kappa shape index (κ3) is 8.32. The molecule has 0 spiro atoms. The number of esters is 1. The van der Waals surface area contributed by atoms with E-state index >= 15 is 0 Å².